The van der Waals surface area contributed by atoms with Gasteiger partial charge in [0.05, 0.1) is 6.54 Å². The smallest absolute Gasteiger partial charge is 0.234 e. The van der Waals surface area contributed by atoms with Gasteiger partial charge in [-0.1, -0.05) is 18.2 Å². The summed E-state index contributed by atoms with van der Waals surface area (Å²) in [5, 5.41) is 7.20. The average molecular weight is 274 g/mol. The van der Waals surface area contributed by atoms with E-state index in [2.05, 4.69) is 10.6 Å². The van der Waals surface area contributed by atoms with Crippen LogP contribution >= 0.6 is 0 Å². The van der Waals surface area contributed by atoms with Gasteiger partial charge in [0, 0.05) is 23.0 Å². The van der Waals surface area contributed by atoms with E-state index >= 15 is 0 Å². The molecule has 0 unspecified atom stereocenters. The van der Waals surface area contributed by atoms with Gasteiger partial charge in [-0.3, -0.25) is 4.79 Å². The van der Waals surface area contributed by atoms with Crippen LogP contribution in [0.1, 0.15) is 32.1 Å². The standard InChI is InChI=1S/C16H22N2O2/c1-11-13(12-7-5-6-8-14(12)20-11)9-17-10-15(19)18-16(2,3)4/h5-8,17H,9-10H2,1-4H3,(H,18,19). The number of furan rings is 1. The maximum Gasteiger partial charge on any atom is 0.234 e. The summed E-state index contributed by atoms with van der Waals surface area (Å²) >= 11 is 0. The molecule has 4 nitrogen and oxygen atoms in total. The van der Waals surface area contributed by atoms with Crippen LogP contribution in [0.25, 0.3) is 11.0 Å². The number of fused-ring (bicyclic) bond motifs is 1. The molecule has 0 aliphatic heterocycles. The van der Waals surface area contributed by atoms with Crippen molar-refractivity contribution in [2.75, 3.05) is 6.54 Å². The monoisotopic (exact) mass is 274 g/mol. The number of para-hydroxylation sites is 1. The van der Waals surface area contributed by atoms with Gasteiger partial charge in [-0.25, -0.2) is 0 Å². The quantitative estimate of drug-likeness (QED) is 0.901. The first kappa shape index (κ1) is 14.6. The maximum absolute atomic E-state index is 11.7. The van der Waals surface area contributed by atoms with Crippen molar-refractivity contribution >= 4 is 16.9 Å². The number of carbonyl (C=O) groups is 1. The fraction of sp³-hybridized carbons (Fsp3) is 0.438. The first-order valence-electron chi connectivity index (χ1n) is 6.85. The Bertz CT molecular complexity index is 608. The van der Waals surface area contributed by atoms with Crippen molar-refractivity contribution < 1.29 is 9.21 Å². The normalized spacial score (nSPS) is 11.8. The Kier molecular flexibility index (Phi) is 4.14. The van der Waals surface area contributed by atoms with Gasteiger partial charge in [0.2, 0.25) is 5.91 Å². The first-order chi connectivity index (χ1) is 9.37. The van der Waals surface area contributed by atoms with E-state index in [0.717, 1.165) is 22.3 Å². The molecule has 108 valence electrons. The lowest BCUT2D eigenvalue weighted by molar-refractivity contribution is -0.121. The fourth-order valence-corrected chi connectivity index (χ4v) is 2.20. The van der Waals surface area contributed by atoms with E-state index in [4.69, 9.17) is 4.42 Å². The molecule has 0 bridgehead atoms. The zero-order valence-corrected chi connectivity index (χ0v) is 12.5. The van der Waals surface area contributed by atoms with Crippen molar-refractivity contribution in [1.29, 1.82) is 0 Å². The lowest BCUT2D eigenvalue weighted by Gasteiger charge is -2.20. The molecule has 2 rings (SSSR count). The molecule has 0 radical (unpaired) electrons. The number of rotatable bonds is 4. The van der Waals surface area contributed by atoms with E-state index in [-0.39, 0.29) is 11.4 Å². The first-order valence-corrected chi connectivity index (χ1v) is 6.85. The molecule has 4 heteroatoms. The van der Waals surface area contributed by atoms with Crippen LogP contribution in [0.15, 0.2) is 28.7 Å². The minimum absolute atomic E-state index is 0.00273. The molecule has 1 amide bonds. The van der Waals surface area contributed by atoms with Crippen LogP contribution in [0, 0.1) is 6.92 Å². The number of amides is 1. The minimum atomic E-state index is -0.197. The zero-order chi connectivity index (χ0) is 14.8. The van der Waals surface area contributed by atoms with Gasteiger partial charge in [0.1, 0.15) is 11.3 Å². The van der Waals surface area contributed by atoms with Crippen molar-refractivity contribution in [3.63, 3.8) is 0 Å². The number of carbonyl (C=O) groups excluding carboxylic acids is 1. The van der Waals surface area contributed by atoms with Crippen molar-refractivity contribution in [3.8, 4) is 0 Å². The molecule has 2 N–H and O–H groups in total. The van der Waals surface area contributed by atoms with E-state index in [9.17, 15) is 4.79 Å². The second-order valence-corrected chi connectivity index (χ2v) is 6.03. The van der Waals surface area contributed by atoms with Crippen LogP contribution in [-0.4, -0.2) is 18.0 Å². The Labute approximate surface area is 119 Å². The van der Waals surface area contributed by atoms with Crippen LogP contribution in [0.5, 0.6) is 0 Å². The molecule has 1 aromatic carbocycles. The second kappa shape index (κ2) is 5.67. The van der Waals surface area contributed by atoms with E-state index in [1.807, 2.05) is 52.0 Å². The Hall–Kier alpha value is -1.81. The van der Waals surface area contributed by atoms with Gasteiger partial charge in [0.25, 0.3) is 0 Å². The predicted molar refractivity (Wildman–Crippen MR) is 80.6 cm³/mol. The zero-order valence-electron chi connectivity index (χ0n) is 12.5. The third kappa shape index (κ3) is 3.61. The summed E-state index contributed by atoms with van der Waals surface area (Å²) in [6, 6.07) is 7.95. The number of nitrogens with one attached hydrogen (secondary N) is 2. The molecular weight excluding hydrogens is 252 g/mol. The summed E-state index contributed by atoms with van der Waals surface area (Å²) in [5.74, 6) is 0.901. The molecule has 0 spiro atoms. The summed E-state index contributed by atoms with van der Waals surface area (Å²) in [5.41, 5.74) is 1.81. The third-order valence-corrected chi connectivity index (χ3v) is 3.00. The van der Waals surface area contributed by atoms with E-state index < -0.39 is 0 Å². The molecule has 2 aromatic rings. The van der Waals surface area contributed by atoms with E-state index in [1.54, 1.807) is 0 Å². The molecule has 20 heavy (non-hydrogen) atoms. The summed E-state index contributed by atoms with van der Waals surface area (Å²) in [7, 11) is 0. The lowest BCUT2D eigenvalue weighted by Crippen LogP contribution is -2.44. The largest absolute Gasteiger partial charge is 0.461 e. The highest BCUT2D eigenvalue weighted by atomic mass is 16.3. The highest BCUT2D eigenvalue weighted by Gasteiger charge is 2.14. The van der Waals surface area contributed by atoms with Crippen LogP contribution in [-0.2, 0) is 11.3 Å². The molecule has 0 saturated carbocycles. The van der Waals surface area contributed by atoms with Crippen molar-refractivity contribution in [3.05, 3.63) is 35.6 Å². The molecule has 0 aliphatic carbocycles. The maximum atomic E-state index is 11.7. The van der Waals surface area contributed by atoms with Gasteiger partial charge < -0.3 is 15.1 Å². The molecule has 1 aromatic heterocycles. The van der Waals surface area contributed by atoms with Crippen LogP contribution in [0.2, 0.25) is 0 Å². The lowest BCUT2D eigenvalue weighted by atomic mass is 10.1. The van der Waals surface area contributed by atoms with Gasteiger partial charge in [0.15, 0.2) is 0 Å². The number of hydrogen-bond acceptors (Lipinski definition) is 3. The minimum Gasteiger partial charge on any atom is -0.461 e. The Morgan fingerprint density at radius 2 is 1.95 bits per heavy atom. The molecule has 0 fully saturated rings. The Balaban J connectivity index is 1.96. The van der Waals surface area contributed by atoms with Gasteiger partial charge in [-0.15, -0.1) is 0 Å². The van der Waals surface area contributed by atoms with E-state index in [1.165, 1.54) is 0 Å². The summed E-state index contributed by atoms with van der Waals surface area (Å²) < 4.78 is 5.70. The summed E-state index contributed by atoms with van der Waals surface area (Å²) in [6.07, 6.45) is 0. The van der Waals surface area contributed by atoms with Gasteiger partial charge in [-0.05, 0) is 33.8 Å². The average Bonchev–Trinajstić information content (AvgIpc) is 2.64. The number of aryl methyl sites for hydroxylation is 1. The molecule has 0 aliphatic rings. The highest BCUT2D eigenvalue weighted by Crippen LogP contribution is 2.24. The number of benzene rings is 1. The Morgan fingerprint density at radius 1 is 1.25 bits per heavy atom. The fourth-order valence-electron chi connectivity index (χ4n) is 2.20. The molecular formula is C16H22N2O2. The SMILES string of the molecule is Cc1oc2ccccc2c1CNCC(=O)NC(C)(C)C. The third-order valence-electron chi connectivity index (χ3n) is 3.00. The van der Waals surface area contributed by atoms with E-state index in [0.29, 0.717) is 13.1 Å². The molecule has 0 saturated heterocycles. The van der Waals surface area contributed by atoms with Crippen molar-refractivity contribution in [2.45, 2.75) is 39.8 Å². The highest BCUT2D eigenvalue weighted by molar-refractivity contribution is 5.82. The topological polar surface area (TPSA) is 54.3 Å². The van der Waals surface area contributed by atoms with Crippen molar-refractivity contribution in [1.82, 2.24) is 10.6 Å². The molecule has 1 heterocycles. The van der Waals surface area contributed by atoms with Crippen molar-refractivity contribution in [2.24, 2.45) is 0 Å². The molecule has 0 atom stereocenters. The van der Waals surface area contributed by atoms with Crippen LogP contribution in [0.4, 0.5) is 0 Å². The Morgan fingerprint density at radius 3 is 2.65 bits per heavy atom. The summed E-state index contributed by atoms with van der Waals surface area (Å²) in [6.45, 7) is 8.79. The van der Waals surface area contributed by atoms with Gasteiger partial charge in [-0.2, -0.15) is 0 Å². The second-order valence-electron chi connectivity index (χ2n) is 6.03. The van der Waals surface area contributed by atoms with Crippen LogP contribution < -0.4 is 10.6 Å². The van der Waals surface area contributed by atoms with Gasteiger partial charge >= 0.3 is 0 Å². The predicted octanol–water partition coefficient (Wildman–Crippen LogP) is 2.75. The number of hydrogen-bond donors (Lipinski definition) is 2. The van der Waals surface area contributed by atoms with Crippen LogP contribution in [0.3, 0.4) is 0 Å². The summed E-state index contributed by atoms with van der Waals surface area (Å²) in [4.78, 5) is 11.7.